The molecule has 0 fully saturated rings. The summed E-state index contributed by atoms with van der Waals surface area (Å²) in [7, 11) is 0. The van der Waals surface area contributed by atoms with E-state index in [2.05, 4.69) is 26.6 Å². The Morgan fingerprint density at radius 3 is 1.46 bits per heavy atom. The molecule has 0 saturated carbocycles. The topological polar surface area (TPSA) is 229 Å². The lowest BCUT2D eigenvalue weighted by Crippen LogP contribution is -2.61. The number of hydrogen-bond acceptors (Lipinski definition) is 8. The second-order valence-electron chi connectivity index (χ2n) is 15.5. The second kappa shape index (κ2) is 22.0. The van der Waals surface area contributed by atoms with Gasteiger partial charge >= 0.3 is 5.97 Å². The van der Waals surface area contributed by atoms with Crippen LogP contribution in [0.15, 0.2) is 24.3 Å². The summed E-state index contributed by atoms with van der Waals surface area (Å²) in [5, 5.41) is 33.1. The number of phenols is 1. The van der Waals surface area contributed by atoms with Gasteiger partial charge in [-0.25, -0.2) is 4.79 Å². The fraction of sp³-hybridized carbons (Fsp3) is 0.684. The molecule has 0 spiro atoms. The Balaban J connectivity index is 3.32. The van der Waals surface area contributed by atoms with Gasteiger partial charge < -0.3 is 42.5 Å². The van der Waals surface area contributed by atoms with E-state index in [0.717, 1.165) is 0 Å². The lowest BCUT2D eigenvalue weighted by Gasteiger charge is -2.29. The maximum absolute atomic E-state index is 13.8. The molecule has 294 valence electrons. The van der Waals surface area contributed by atoms with Crippen LogP contribution in [0.3, 0.4) is 0 Å². The molecule has 1 rings (SSSR count). The SMILES string of the molecule is CC[C@H](C)[C@@H](NC(=O)[C@@H](Cc1ccc(O)cc1)NC(=O)[C@H](NC(=O)[C@@H](CC(C)C)NC(=O)[C@H](CC(C)C)NC(=O)[C@@H](N)CC(C)C)C(C)C)C(=O)O. The van der Waals surface area contributed by atoms with Crippen molar-refractivity contribution in [2.24, 2.45) is 35.3 Å². The predicted octanol–water partition coefficient (Wildman–Crippen LogP) is 2.61. The van der Waals surface area contributed by atoms with Crippen molar-refractivity contribution in [3.8, 4) is 5.75 Å². The van der Waals surface area contributed by atoms with E-state index in [1.54, 1.807) is 39.8 Å². The van der Waals surface area contributed by atoms with Gasteiger partial charge in [-0.05, 0) is 66.5 Å². The molecule has 14 nitrogen and oxygen atoms in total. The van der Waals surface area contributed by atoms with Crippen molar-refractivity contribution < 1.29 is 39.0 Å². The van der Waals surface area contributed by atoms with Crippen molar-refractivity contribution in [3.63, 3.8) is 0 Å². The van der Waals surface area contributed by atoms with E-state index >= 15 is 0 Å². The molecular formula is C38H64N6O8. The third kappa shape index (κ3) is 16.0. The van der Waals surface area contributed by atoms with E-state index in [1.165, 1.54) is 12.1 Å². The molecule has 0 heterocycles. The van der Waals surface area contributed by atoms with Gasteiger partial charge in [-0.3, -0.25) is 24.0 Å². The standard InChI is InChI=1S/C38H64N6O8/c1-11-24(10)32(38(51)52)44-36(49)30(19-25-12-14-26(45)15-13-25)42-37(50)31(23(8)9)43-35(48)29(18-22(6)7)41-34(47)28(17-21(4)5)40-33(46)27(39)16-20(2)3/h12-15,20-24,27-32,45H,11,16-19,39H2,1-10H3,(H,40,46)(H,41,47)(H,42,50)(H,43,48)(H,44,49)(H,51,52)/t24-,27-,28-,29+,30+,31+,32+/m0/s1. The van der Waals surface area contributed by atoms with E-state index in [1.807, 2.05) is 41.5 Å². The summed E-state index contributed by atoms with van der Waals surface area (Å²) in [5.41, 5.74) is 6.67. The van der Waals surface area contributed by atoms with Crippen LogP contribution in [0.2, 0.25) is 0 Å². The van der Waals surface area contributed by atoms with Crippen LogP contribution in [0, 0.1) is 29.6 Å². The highest BCUT2D eigenvalue weighted by Crippen LogP contribution is 2.15. The van der Waals surface area contributed by atoms with Gasteiger partial charge in [0.1, 0.15) is 36.0 Å². The first kappa shape index (κ1) is 45.8. The third-order valence-corrected chi connectivity index (χ3v) is 8.78. The number of aliphatic carboxylic acids is 1. The highest BCUT2D eigenvalue weighted by molar-refractivity contribution is 5.96. The number of nitrogens with two attached hydrogens (primary N) is 1. The van der Waals surface area contributed by atoms with Gasteiger partial charge in [-0.1, -0.05) is 87.8 Å². The molecular weight excluding hydrogens is 668 g/mol. The lowest BCUT2D eigenvalue weighted by atomic mass is 9.97. The highest BCUT2D eigenvalue weighted by Gasteiger charge is 2.35. The number of carbonyl (C=O) groups excluding carboxylic acids is 5. The van der Waals surface area contributed by atoms with Crippen LogP contribution < -0.4 is 32.3 Å². The number of phenolic OH excluding ortho intramolecular Hbond substituents is 1. The number of benzene rings is 1. The summed E-state index contributed by atoms with van der Waals surface area (Å²) in [4.78, 5) is 79.7. The third-order valence-electron chi connectivity index (χ3n) is 8.78. The average Bonchev–Trinajstić information content (AvgIpc) is 3.04. The van der Waals surface area contributed by atoms with Crippen molar-refractivity contribution >= 4 is 35.5 Å². The number of carboxylic acids is 1. The number of aromatic hydroxyl groups is 1. The molecule has 9 N–H and O–H groups in total. The lowest BCUT2D eigenvalue weighted by molar-refractivity contribution is -0.144. The molecule has 52 heavy (non-hydrogen) atoms. The normalized spacial score (nSPS) is 15.6. The average molecular weight is 733 g/mol. The molecule has 0 aliphatic carbocycles. The summed E-state index contributed by atoms with van der Waals surface area (Å²) >= 11 is 0. The fourth-order valence-corrected chi connectivity index (χ4v) is 5.64. The Morgan fingerprint density at radius 1 is 0.596 bits per heavy atom. The van der Waals surface area contributed by atoms with Crippen LogP contribution in [0.4, 0.5) is 0 Å². The van der Waals surface area contributed by atoms with E-state index in [9.17, 15) is 39.0 Å². The highest BCUT2D eigenvalue weighted by atomic mass is 16.4. The Kier molecular flexibility index (Phi) is 19.4. The van der Waals surface area contributed by atoms with Crippen molar-refractivity contribution in [3.05, 3.63) is 29.8 Å². The minimum Gasteiger partial charge on any atom is -0.508 e. The quantitative estimate of drug-likeness (QED) is 0.0875. The van der Waals surface area contributed by atoms with Gasteiger partial charge in [0.2, 0.25) is 29.5 Å². The zero-order valence-corrected chi connectivity index (χ0v) is 32.6. The number of rotatable bonds is 22. The fourth-order valence-electron chi connectivity index (χ4n) is 5.64. The summed E-state index contributed by atoms with van der Waals surface area (Å²) in [6.45, 7) is 18.4. The smallest absolute Gasteiger partial charge is 0.326 e. The van der Waals surface area contributed by atoms with E-state index in [0.29, 0.717) is 24.8 Å². The number of carboxylic acid groups (broad SMARTS) is 1. The molecule has 0 aromatic heterocycles. The van der Waals surface area contributed by atoms with Gasteiger partial charge in [-0.2, -0.15) is 0 Å². The van der Waals surface area contributed by atoms with E-state index < -0.39 is 83.6 Å². The van der Waals surface area contributed by atoms with Crippen LogP contribution >= 0.6 is 0 Å². The molecule has 5 amide bonds. The van der Waals surface area contributed by atoms with Gasteiger partial charge in [0.05, 0.1) is 6.04 Å². The molecule has 0 aliphatic rings. The number of hydrogen-bond donors (Lipinski definition) is 8. The van der Waals surface area contributed by atoms with Gasteiger partial charge in [-0.15, -0.1) is 0 Å². The summed E-state index contributed by atoms with van der Waals surface area (Å²) in [6.07, 6.45) is 1.44. The monoisotopic (exact) mass is 732 g/mol. The van der Waals surface area contributed by atoms with Crippen LogP contribution in [0.5, 0.6) is 5.75 Å². The zero-order valence-electron chi connectivity index (χ0n) is 32.6. The Labute approximate surface area is 309 Å². The molecule has 1 aromatic carbocycles. The predicted molar refractivity (Wildman–Crippen MR) is 200 cm³/mol. The first-order chi connectivity index (χ1) is 24.2. The maximum atomic E-state index is 13.8. The van der Waals surface area contributed by atoms with Gasteiger partial charge in [0, 0.05) is 6.42 Å². The van der Waals surface area contributed by atoms with E-state index in [4.69, 9.17) is 5.73 Å². The first-order valence-corrected chi connectivity index (χ1v) is 18.4. The molecule has 0 unspecified atom stereocenters. The summed E-state index contributed by atoms with van der Waals surface area (Å²) < 4.78 is 0. The van der Waals surface area contributed by atoms with Crippen LogP contribution in [-0.2, 0) is 35.2 Å². The van der Waals surface area contributed by atoms with Gasteiger partial charge in [0.25, 0.3) is 0 Å². The number of nitrogens with one attached hydrogen (secondary N) is 5. The van der Waals surface area contributed by atoms with Crippen molar-refractivity contribution in [2.75, 3.05) is 0 Å². The Hall–Kier alpha value is -4.20. The van der Waals surface area contributed by atoms with Crippen LogP contribution in [0.1, 0.15) is 100 Å². The molecule has 0 saturated heterocycles. The van der Waals surface area contributed by atoms with Crippen molar-refractivity contribution in [1.29, 1.82) is 0 Å². The van der Waals surface area contributed by atoms with E-state index in [-0.39, 0.29) is 36.3 Å². The Bertz CT molecular complexity index is 1330. The first-order valence-electron chi connectivity index (χ1n) is 18.4. The minimum absolute atomic E-state index is 0.00901. The molecule has 14 heteroatoms. The largest absolute Gasteiger partial charge is 0.508 e. The Morgan fingerprint density at radius 2 is 1.02 bits per heavy atom. The van der Waals surface area contributed by atoms with Crippen LogP contribution in [0.25, 0.3) is 0 Å². The maximum Gasteiger partial charge on any atom is 0.326 e. The zero-order chi connectivity index (χ0) is 39.9. The second-order valence-corrected chi connectivity index (χ2v) is 15.5. The number of amides is 5. The molecule has 0 aliphatic heterocycles. The summed E-state index contributed by atoms with van der Waals surface area (Å²) in [5.74, 6) is -4.92. The van der Waals surface area contributed by atoms with Crippen molar-refractivity contribution in [2.45, 2.75) is 138 Å². The summed E-state index contributed by atoms with van der Waals surface area (Å²) in [6, 6.07) is -0.333. The van der Waals surface area contributed by atoms with Gasteiger partial charge in [0.15, 0.2) is 0 Å². The minimum atomic E-state index is -1.23. The molecule has 7 atom stereocenters. The van der Waals surface area contributed by atoms with Crippen molar-refractivity contribution in [1.82, 2.24) is 26.6 Å². The molecule has 0 bridgehead atoms. The number of carbonyl (C=O) groups is 6. The van der Waals surface area contributed by atoms with Crippen LogP contribution in [-0.4, -0.2) is 82.0 Å². The molecule has 0 radical (unpaired) electrons. The molecule has 1 aromatic rings.